The lowest BCUT2D eigenvalue weighted by Gasteiger charge is -2.31. The maximum absolute atomic E-state index is 13.9. The van der Waals surface area contributed by atoms with Crippen LogP contribution in [0, 0.1) is 6.92 Å². The average Bonchev–Trinajstić information content (AvgIpc) is 4.08. The number of aromatic nitrogens is 4. The summed E-state index contributed by atoms with van der Waals surface area (Å²) in [7, 11) is 7.85. The van der Waals surface area contributed by atoms with Gasteiger partial charge in [-0.25, -0.2) is 9.97 Å². The van der Waals surface area contributed by atoms with E-state index < -0.39 is 0 Å². The third-order valence-electron chi connectivity index (χ3n) is 11.9. The summed E-state index contributed by atoms with van der Waals surface area (Å²) in [6.45, 7) is 3.57. The first-order valence-corrected chi connectivity index (χ1v) is 20.7. The van der Waals surface area contributed by atoms with Crippen molar-refractivity contribution in [3.8, 4) is 22.5 Å². The van der Waals surface area contributed by atoms with Crippen molar-refractivity contribution in [2.24, 2.45) is 0 Å². The van der Waals surface area contributed by atoms with Gasteiger partial charge in [0.05, 0.1) is 35.9 Å². The molecule has 6 aromatic rings. The zero-order valence-electron chi connectivity index (χ0n) is 34.7. The zero-order valence-corrected chi connectivity index (χ0v) is 34.7. The summed E-state index contributed by atoms with van der Waals surface area (Å²) in [4.78, 5) is 52.5. The molecule has 0 aliphatic carbocycles. The van der Waals surface area contributed by atoms with Crippen LogP contribution in [0.4, 0.5) is 0 Å². The highest BCUT2D eigenvalue weighted by Gasteiger charge is 2.38. The molecule has 59 heavy (non-hydrogen) atoms. The molecule has 2 N–H and O–H groups in total. The molecule has 2 aliphatic heterocycles. The highest BCUT2D eigenvalue weighted by atomic mass is 16.2. The molecule has 2 saturated heterocycles. The van der Waals surface area contributed by atoms with Crippen LogP contribution >= 0.6 is 0 Å². The van der Waals surface area contributed by atoms with E-state index in [0.29, 0.717) is 0 Å². The van der Waals surface area contributed by atoms with E-state index in [2.05, 4.69) is 71.5 Å². The lowest BCUT2D eigenvalue weighted by Crippen LogP contribution is -2.40. The normalized spacial score (nSPS) is 18.0. The molecule has 4 heterocycles. The van der Waals surface area contributed by atoms with Crippen molar-refractivity contribution in [1.29, 1.82) is 0 Å². The molecule has 10 nitrogen and oxygen atoms in total. The lowest BCUT2D eigenvalue weighted by molar-refractivity contribution is -0.138. The van der Waals surface area contributed by atoms with E-state index in [1.807, 2.05) is 121 Å². The number of aryl methyl sites for hydroxylation is 1. The van der Waals surface area contributed by atoms with Gasteiger partial charge in [-0.1, -0.05) is 109 Å². The molecule has 10 heteroatoms. The summed E-state index contributed by atoms with van der Waals surface area (Å²) < 4.78 is 0. The second kappa shape index (κ2) is 17.4. The van der Waals surface area contributed by atoms with Crippen LogP contribution in [-0.2, 0) is 9.59 Å². The van der Waals surface area contributed by atoms with Crippen LogP contribution in [0.25, 0.3) is 34.7 Å². The summed E-state index contributed by atoms with van der Waals surface area (Å²) in [5, 5.41) is 0. The SMILES string of the molecule is Cc1cc(-c2cnc([C@@H]3CCCN3C(=O)[C@@H](c3ccccc3)N(C)C)[nH]2)ccc1/C=C/c1ccc(-c2cnc([C@@H]3CCCN3C(=O)[C@@H](c3ccccc3)N(C)C)[nH]2)cc1. The molecule has 4 aromatic carbocycles. The minimum absolute atomic E-state index is 0.0794. The monoisotopic (exact) mass is 786 g/mol. The van der Waals surface area contributed by atoms with Crippen LogP contribution in [0.1, 0.15) is 89.3 Å². The Balaban J connectivity index is 0.911. The molecule has 2 aromatic heterocycles. The van der Waals surface area contributed by atoms with E-state index in [9.17, 15) is 9.59 Å². The molecular formula is C49H54N8O2. The first kappa shape index (κ1) is 39.7. The number of rotatable bonds is 12. The fraction of sp³-hybridized carbons (Fsp3) is 0.306. The minimum atomic E-state index is -0.341. The van der Waals surface area contributed by atoms with E-state index in [4.69, 9.17) is 9.97 Å². The number of aromatic amines is 2. The first-order chi connectivity index (χ1) is 28.7. The highest BCUT2D eigenvalue weighted by molar-refractivity contribution is 5.85. The second-order valence-corrected chi connectivity index (χ2v) is 16.3. The van der Waals surface area contributed by atoms with Crippen molar-refractivity contribution >= 4 is 24.0 Å². The molecule has 4 atom stereocenters. The predicted molar refractivity (Wildman–Crippen MR) is 235 cm³/mol. The molecule has 0 spiro atoms. The molecule has 0 unspecified atom stereocenters. The number of carbonyl (C=O) groups is 2. The Morgan fingerprint density at radius 3 is 1.59 bits per heavy atom. The van der Waals surface area contributed by atoms with Crippen LogP contribution in [0.5, 0.6) is 0 Å². The Hall–Kier alpha value is -6.10. The van der Waals surface area contributed by atoms with Gasteiger partial charge < -0.3 is 19.8 Å². The zero-order chi connectivity index (χ0) is 41.0. The van der Waals surface area contributed by atoms with E-state index in [1.165, 1.54) is 0 Å². The quantitative estimate of drug-likeness (QED) is 0.120. The molecule has 2 fully saturated rings. The van der Waals surface area contributed by atoms with Crippen molar-refractivity contribution in [3.05, 3.63) is 155 Å². The van der Waals surface area contributed by atoms with Gasteiger partial charge in [-0.2, -0.15) is 0 Å². The molecule has 8 rings (SSSR count). The van der Waals surface area contributed by atoms with Gasteiger partial charge in [-0.05, 0) is 106 Å². The molecule has 0 bridgehead atoms. The van der Waals surface area contributed by atoms with E-state index in [-0.39, 0.29) is 36.0 Å². The van der Waals surface area contributed by atoms with Gasteiger partial charge in [-0.3, -0.25) is 19.4 Å². The van der Waals surface area contributed by atoms with Gasteiger partial charge in [0.15, 0.2) is 0 Å². The molecule has 302 valence electrons. The standard InChI is InChI=1S/C49H54N8O2/c1-33-30-39(41-32-51-47(53-41)43-19-13-29-57(43)49(59)45(55(4)5)38-16-10-7-11-17-38)27-26-35(33)23-20-34-21-24-36(25-22-34)40-31-50-46(52-40)42-18-12-28-56(42)48(58)44(54(2)3)37-14-8-6-9-15-37/h6-11,14-17,20-27,30-32,42-45H,12-13,18-19,28-29H2,1-5H3,(H,50,52)(H,51,53)/b23-20+/t42-,43-,44+,45+/m0/s1. The predicted octanol–water partition coefficient (Wildman–Crippen LogP) is 8.88. The Labute approximate surface area is 347 Å². The molecular weight excluding hydrogens is 733 g/mol. The molecule has 0 radical (unpaired) electrons. The van der Waals surface area contributed by atoms with Gasteiger partial charge in [0.2, 0.25) is 11.8 Å². The first-order valence-electron chi connectivity index (χ1n) is 20.7. The van der Waals surface area contributed by atoms with Gasteiger partial charge in [-0.15, -0.1) is 0 Å². The molecule has 0 saturated carbocycles. The number of imidazole rings is 2. The summed E-state index contributed by atoms with van der Waals surface area (Å²) in [5.41, 5.74) is 9.38. The largest absolute Gasteiger partial charge is 0.340 e. The molecule has 2 aliphatic rings. The van der Waals surface area contributed by atoms with Crippen molar-refractivity contribution in [1.82, 2.24) is 39.5 Å². The number of nitrogens with zero attached hydrogens (tertiary/aromatic N) is 6. The van der Waals surface area contributed by atoms with Crippen molar-refractivity contribution in [2.75, 3.05) is 41.3 Å². The van der Waals surface area contributed by atoms with E-state index in [1.54, 1.807) is 0 Å². The van der Waals surface area contributed by atoms with Crippen LogP contribution in [0.2, 0.25) is 0 Å². The Morgan fingerprint density at radius 2 is 1.12 bits per heavy atom. The number of nitrogens with one attached hydrogen (secondary N) is 2. The van der Waals surface area contributed by atoms with Gasteiger partial charge in [0, 0.05) is 13.1 Å². The number of hydrogen-bond acceptors (Lipinski definition) is 6. The Bertz CT molecular complexity index is 2400. The third-order valence-corrected chi connectivity index (χ3v) is 11.9. The van der Waals surface area contributed by atoms with Gasteiger partial charge >= 0.3 is 0 Å². The summed E-state index contributed by atoms with van der Waals surface area (Å²) in [5.74, 6) is 1.88. The van der Waals surface area contributed by atoms with E-state index >= 15 is 0 Å². The van der Waals surface area contributed by atoms with Crippen LogP contribution in [0.15, 0.2) is 116 Å². The summed E-state index contributed by atoms with van der Waals surface area (Å²) in [6, 6.07) is 34.1. The maximum atomic E-state index is 13.9. The van der Waals surface area contributed by atoms with Crippen LogP contribution in [-0.4, -0.2) is 92.6 Å². The number of amides is 2. The topological polar surface area (TPSA) is 104 Å². The fourth-order valence-electron chi connectivity index (χ4n) is 8.83. The number of hydrogen-bond donors (Lipinski definition) is 2. The second-order valence-electron chi connectivity index (χ2n) is 16.3. The van der Waals surface area contributed by atoms with Gasteiger partial charge in [0.25, 0.3) is 0 Å². The average molecular weight is 787 g/mol. The number of likely N-dealkylation sites (tertiary alicyclic amines) is 2. The highest BCUT2D eigenvalue weighted by Crippen LogP contribution is 2.37. The Morgan fingerprint density at radius 1 is 0.644 bits per heavy atom. The number of likely N-dealkylation sites (N-methyl/N-ethyl adjacent to an activating group) is 2. The number of H-pyrrole nitrogens is 2. The number of benzene rings is 4. The lowest BCUT2D eigenvalue weighted by atomic mass is 10.0. The van der Waals surface area contributed by atoms with E-state index in [0.717, 1.165) is 101 Å². The minimum Gasteiger partial charge on any atom is -0.340 e. The van der Waals surface area contributed by atoms with Crippen molar-refractivity contribution in [3.63, 3.8) is 0 Å². The summed E-state index contributed by atoms with van der Waals surface area (Å²) >= 11 is 0. The van der Waals surface area contributed by atoms with Crippen molar-refractivity contribution in [2.45, 2.75) is 56.8 Å². The smallest absolute Gasteiger partial charge is 0.245 e. The van der Waals surface area contributed by atoms with Gasteiger partial charge in [0.1, 0.15) is 23.7 Å². The Kier molecular flexibility index (Phi) is 11.7. The van der Waals surface area contributed by atoms with Crippen LogP contribution < -0.4 is 0 Å². The van der Waals surface area contributed by atoms with Crippen LogP contribution in [0.3, 0.4) is 0 Å². The maximum Gasteiger partial charge on any atom is 0.245 e. The fourth-order valence-corrected chi connectivity index (χ4v) is 8.83. The molecule has 2 amide bonds. The van der Waals surface area contributed by atoms with Crippen molar-refractivity contribution < 1.29 is 9.59 Å². The third kappa shape index (κ3) is 8.42. The number of carbonyl (C=O) groups excluding carboxylic acids is 2. The summed E-state index contributed by atoms with van der Waals surface area (Å²) in [6.07, 6.45) is 11.7.